The summed E-state index contributed by atoms with van der Waals surface area (Å²) in [6.45, 7) is 10.7. The maximum Gasteiger partial charge on any atom is 0.337 e. The van der Waals surface area contributed by atoms with E-state index in [-0.39, 0.29) is 0 Å². The van der Waals surface area contributed by atoms with Gasteiger partial charge in [0.2, 0.25) is 0 Å². The highest BCUT2D eigenvalue weighted by atomic mass is 28.4. The minimum Gasteiger partial charge on any atom is -0.394 e. The minimum atomic E-state index is -1.86. The summed E-state index contributed by atoms with van der Waals surface area (Å²) in [6, 6.07) is 2.17. The first-order valence-corrected chi connectivity index (χ1v) is 10.8. The van der Waals surface area contributed by atoms with Crippen molar-refractivity contribution in [3.05, 3.63) is 0 Å². The van der Waals surface area contributed by atoms with Crippen LogP contribution in [0.15, 0.2) is 0 Å². The Balaban J connectivity index is 3.74. The van der Waals surface area contributed by atoms with E-state index in [0.717, 1.165) is 31.7 Å². The molecule has 0 spiro atoms. The van der Waals surface area contributed by atoms with Crippen molar-refractivity contribution >= 4 is 8.56 Å². The Morgan fingerprint density at radius 1 is 0.579 bits per heavy atom. The third kappa shape index (κ3) is 9.64. The Labute approximate surface area is 122 Å². The van der Waals surface area contributed by atoms with E-state index in [1.165, 1.54) is 44.9 Å². The van der Waals surface area contributed by atoms with Crippen LogP contribution in [0.25, 0.3) is 0 Å². The predicted molar refractivity (Wildman–Crippen MR) is 86.9 cm³/mol. The molecule has 0 amide bonds. The normalized spacial score (nSPS) is 12.0. The Morgan fingerprint density at radius 3 is 1.58 bits per heavy atom. The van der Waals surface area contributed by atoms with Gasteiger partial charge >= 0.3 is 8.56 Å². The zero-order valence-corrected chi connectivity index (χ0v) is 14.8. The van der Waals surface area contributed by atoms with E-state index in [0.29, 0.717) is 0 Å². The van der Waals surface area contributed by atoms with Gasteiger partial charge in [-0.1, -0.05) is 66.2 Å². The van der Waals surface area contributed by atoms with Crippen molar-refractivity contribution in [1.29, 1.82) is 0 Å². The smallest absolute Gasteiger partial charge is 0.337 e. The highest BCUT2D eigenvalue weighted by Crippen LogP contribution is 2.20. The molecule has 2 nitrogen and oxygen atoms in total. The second-order valence-corrected chi connectivity index (χ2v) is 9.25. The molecule has 116 valence electrons. The molecule has 0 aromatic rings. The molecule has 3 heteroatoms. The van der Waals surface area contributed by atoms with E-state index >= 15 is 0 Å². The van der Waals surface area contributed by atoms with Gasteiger partial charge in [-0.3, -0.25) is 0 Å². The van der Waals surface area contributed by atoms with Gasteiger partial charge in [-0.2, -0.15) is 0 Å². The maximum absolute atomic E-state index is 6.20. The van der Waals surface area contributed by atoms with Gasteiger partial charge in [-0.25, -0.2) is 0 Å². The van der Waals surface area contributed by atoms with Crippen molar-refractivity contribution in [3.63, 3.8) is 0 Å². The van der Waals surface area contributed by atoms with Crippen molar-refractivity contribution in [1.82, 2.24) is 0 Å². The molecule has 0 fully saturated rings. The van der Waals surface area contributed by atoms with Crippen LogP contribution in [0.1, 0.15) is 79.1 Å². The molecular weight excluding hydrogens is 252 g/mol. The van der Waals surface area contributed by atoms with Crippen LogP contribution >= 0.6 is 0 Å². The standard InChI is InChI=1S/C16H36O2Si/c1-5-9-11-12-13-14-16-18-19(7-3,8-4)17-15-10-6-2/h5-16H2,1-4H3. The van der Waals surface area contributed by atoms with E-state index in [9.17, 15) is 0 Å². The van der Waals surface area contributed by atoms with Crippen LogP contribution < -0.4 is 0 Å². The van der Waals surface area contributed by atoms with E-state index in [1.54, 1.807) is 0 Å². The molecule has 0 bridgehead atoms. The second-order valence-electron chi connectivity index (χ2n) is 5.44. The molecular formula is C16H36O2Si. The number of rotatable bonds is 14. The number of hydrogen-bond acceptors (Lipinski definition) is 2. The fourth-order valence-electron chi connectivity index (χ4n) is 2.24. The summed E-state index contributed by atoms with van der Waals surface area (Å²) in [4.78, 5) is 0. The van der Waals surface area contributed by atoms with E-state index < -0.39 is 8.56 Å². The molecule has 0 aliphatic heterocycles. The zero-order valence-electron chi connectivity index (χ0n) is 13.8. The minimum absolute atomic E-state index is 0.890. The van der Waals surface area contributed by atoms with Crippen LogP contribution in [-0.2, 0) is 8.85 Å². The topological polar surface area (TPSA) is 18.5 Å². The van der Waals surface area contributed by atoms with Crippen molar-refractivity contribution < 1.29 is 8.85 Å². The summed E-state index contributed by atoms with van der Waals surface area (Å²) in [5.74, 6) is 0. The van der Waals surface area contributed by atoms with Crippen molar-refractivity contribution in [2.75, 3.05) is 13.2 Å². The van der Waals surface area contributed by atoms with Gasteiger partial charge in [0.15, 0.2) is 0 Å². The monoisotopic (exact) mass is 288 g/mol. The Hall–Kier alpha value is 0.137. The summed E-state index contributed by atoms with van der Waals surface area (Å²) < 4.78 is 12.3. The molecule has 0 aromatic carbocycles. The molecule has 0 saturated carbocycles. The summed E-state index contributed by atoms with van der Waals surface area (Å²) in [5.41, 5.74) is 0. The molecule has 0 aliphatic carbocycles. The van der Waals surface area contributed by atoms with Gasteiger partial charge in [0, 0.05) is 13.2 Å². The number of hydrogen-bond donors (Lipinski definition) is 0. The van der Waals surface area contributed by atoms with Crippen LogP contribution in [0.3, 0.4) is 0 Å². The van der Waals surface area contributed by atoms with Crippen LogP contribution in [-0.4, -0.2) is 21.8 Å². The molecule has 0 aliphatic rings. The summed E-state index contributed by atoms with van der Waals surface area (Å²) in [7, 11) is -1.86. The highest BCUT2D eigenvalue weighted by Gasteiger charge is 2.33. The Bertz CT molecular complexity index is 182. The molecule has 0 N–H and O–H groups in total. The number of unbranched alkanes of at least 4 members (excludes halogenated alkanes) is 6. The molecule has 0 aromatic heterocycles. The first-order valence-electron chi connectivity index (χ1n) is 8.52. The third-order valence-corrected chi connectivity index (χ3v) is 7.42. The van der Waals surface area contributed by atoms with E-state index in [4.69, 9.17) is 8.85 Å². The lowest BCUT2D eigenvalue weighted by Gasteiger charge is -2.28. The summed E-state index contributed by atoms with van der Waals surface area (Å²) in [5, 5.41) is 0. The summed E-state index contributed by atoms with van der Waals surface area (Å²) >= 11 is 0. The largest absolute Gasteiger partial charge is 0.394 e. The first kappa shape index (κ1) is 19.1. The average Bonchev–Trinajstić information content (AvgIpc) is 2.45. The van der Waals surface area contributed by atoms with Gasteiger partial charge in [0.05, 0.1) is 0 Å². The Kier molecular flexibility index (Phi) is 13.2. The van der Waals surface area contributed by atoms with Crippen LogP contribution in [0, 0.1) is 0 Å². The third-order valence-electron chi connectivity index (χ3n) is 3.80. The molecule has 0 atom stereocenters. The zero-order chi connectivity index (χ0) is 14.4. The van der Waals surface area contributed by atoms with Gasteiger partial charge < -0.3 is 8.85 Å². The van der Waals surface area contributed by atoms with Crippen molar-refractivity contribution in [3.8, 4) is 0 Å². The summed E-state index contributed by atoms with van der Waals surface area (Å²) in [6.07, 6.45) is 10.3. The van der Waals surface area contributed by atoms with E-state index in [2.05, 4.69) is 27.7 Å². The van der Waals surface area contributed by atoms with Gasteiger partial charge in [0.1, 0.15) is 0 Å². The fourth-order valence-corrected chi connectivity index (χ4v) is 4.68. The van der Waals surface area contributed by atoms with Gasteiger partial charge in [-0.05, 0) is 24.9 Å². The quantitative estimate of drug-likeness (QED) is 0.303. The van der Waals surface area contributed by atoms with Crippen molar-refractivity contribution in [2.45, 2.75) is 91.1 Å². The molecule has 0 saturated heterocycles. The average molecular weight is 289 g/mol. The van der Waals surface area contributed by atoms with Crippen LogP contribution in [0.5, 0.6) is 0 Å². The highest BCUT2D eigenvalue weighted by molar-refractivity contribution is 6.67. The Morgan fingerprint density at radius 2 is 1.05 bits per heavy atom. The van der Waals surface area contributed by atoms with E-state index in [1.807, 2.05) is 0 Å². The lowest BCUT2D eigenvalue weighted by molar-refractivity contribution is 0.164. The molecule has 0 unspecified atom stereocenters. The SMILES string of the molecule is CCCCCCCCO[Si](CC)(CC)OCCCC. The first-order chi connectivity index (χ1) is 9.24. The van der Waals surface area contributed by atoms with Crippen molar-refractivity contribution in [2.24, 2.45) is 0 Å². The van der Waals surface area contributed by atoms with Crippen LogP contribution in [0.4, 0.5) is 0 Å². The maximum atomic E-state index is 6.20. The fraction of sp³-hybridized carbons (Fsp3) is 1.00. The predicted octanol–water partition coefficient (Wildman–Crippen LogP) is 5.66. The lowest BCUT2D eigenvalue weighted by Crippen LogP contribution is -2.41. The molecule has 0 rings (SSSR count). The van der Waals surface area contributed by atoms with Crippen LogP contribution in [0.2, 0.25) is 12.1 Å². The van der Waals surface area contributed by atoms with Gasteiger partial charge in [0.25, 0.3) is 0 Å². The molecule has 0 heterocycles. The molecule has 19 heavy (non-hydrogen) atoms. The molecule has 0 radical (unpaired) electrons. The van der Waals surface area contributed by atoms with Gasteiger partial charge in [-0.15, -0.1) is 0 Å². The lowest BCUT2D eigenvalue weighted by atomic mass is 10.1. The second kappa shape index (κ2) is 13.1.